The van der Waals surface area contributed by atoms with Gasteiger partial charge in [0.1, 0.15) is 5.82 Å². The smallest absolute Gasteiger partial charge is 0.257 e. The molecule has 2 aromatic carbocycles. The molecule has 0 aliphatic heterocycles. The standard InChI is InChI=1S/C21H20FN3O2/c1-13(18-5-3-4-6-19(18)22)25(17-11-12-17)21(26)16-9-7-15(8-10-16)20-23-14(2)24-27-20/h3-10,13,17H,11-12H2,1-2H3. The van der Waals surface area contributed by atoms with Crippen LogP contribution in [0.2, 0.25) is 0 Å². The Morgan fingerprint density at radius 3 is 2.48 bits per heavy atom. The number of hydrogen-bond acceptors (Lipinski definition) is 4. The van der Waals surface area contributed by atoms with Crippen molar-refractivity contribution in [1.82, 2.24) is 15.0 Å². The van der Waals surface area contributed by atoms with E-state index in [9.17, 15) is 9.18 Å². The second-order valence-electron chi connectivity index (χ2n) is 6.87. The minimum atomic E-state index is -0.329. The highest BCUT2D eigenvalue weighted by atomic mass is 19.1. The summed E-state index contributed by atoms with van der Waals surface area (Å²) >= 11 is 0. The van der Waals surface area contributed by atoms with Crippen molar-refractivity contribution in [2.45, 2.75) is 38.8 Å². The lowest BCUT2D eigenvalue weighted by Crippen LogP contribution is -2.36. The van der Waals surface area contributed by atoms with E-state index < -0.39 is 0 Å². The number of nitrogens with zero attached hydrogens (tertiary/aromatic N) is 3. The van der Waals surface area contributed by atoms with E-state index in [0.717, 1.165) is 18.4 Å². The number of hydrogen-bond donors (Lipinski definition) is 0. The van der Waals surface area contributed by atoms with Crippen molar-refractivity contribution in [3.05, 3.63) is 71.3 Å². The summed E-state index contributed by atoms with van der Waals surface area (Å²) in [4.78, 5) is 19.1. The molecular formula is C21H20FN3O2. The summed E-state index contributed by atoms with van der Waals surface area (Å²) in [6.07, 6.45) is 1.90. The van der Waals surface area contributed by atoms with Gasteiger partial charge in [-0.25, -0.2) is 4.39 Å². The van der Waals surface area contributed by atoms with Crippen LogP contribution in [0.15, 0.2) is 53.1 Å². The fraction of sp³-hybridized carbons (Fsp3) is 0.286. The number of halogens is 1. The lowest BCUT2D eigenvalue weighted by atomic mass is 10.0. The van der Waals surface area contributed by atoms with E-state index in [1.165, 1.54) is 6.07 Å². The minimum Gasteiger partial charge on any atom is -0.334 e. The third kappa shape index (κ3) is 3.47. The van der Waals surface area contributed by atoms with Crippen molar-refractivity contribution in [1.29, 1.82) is 0 Å². The summed E-state index contributed by atoms with van der Waals surface area (Å²) in [7, 11) is 0. The molecule has 138 valence electrons. The molecule has 0 N–H and O–H groups in total. The van der Waals surface area contributed by atoms with E-state index >= 15 is 0 Å². The zero-order chi connectivity index (χ0) is 19.0. The Hall–Kier alpha value is -3.02. The van der Waals surface area contributed by atoms with Crippen LogP contribution in [0.3, 0.4) is 0 Å². The van der Waals surface area contributed by atoms with Crippen LogP contribution >= 0.6 is 0 Å². The molecule has 1 aromatic heterocycles. The first-order valence-electron chi connectivity index (χ1n) is 9.02. The first kappa shape index (κ1) is 17.4. The van der Waals surface area contributed by atoms with Gasteiger partial charge in [-0.1, -0.05) is 23.4 Å². The summed E-state index contributed by atoms with van der Waals surface area (Å²) in [6.45, 7) is 3.63. The van der Waals surface area contributed by atoms with Gasteiger partial charge in [0.05, 0.1) is 6.04 Å². The van der Waals surface area contributed by atoms with Gasteiger partial charge in [-0.2, -0.15) is 4.98 Å². The summed E-state index contributed by atoms with van der Waals surface area (Å²) in [5, 5.41) is 3.78. The zero-order valence-electron chi connectivity index (χ0n) is 15.2. The van der Waals surface area contributed by atoms with Crippen LogP contribution < -0.4 is 0 Å². The van der Waals surface area contributed by atoms with Gasteiger partial charge in [0.2, 0.25) is 0 Å². The van der Waals surface area contributed by atoms with Crippen molar-refractivity contribution in [3.63, 3.8) is 0 Å². The molecule has 0 spiro atoms. The Morgan fingerprint density at radius 2 is 1.89 bits per heavy atom. The number of carbonyl (C=O) groups is 1. The molecule has 5 nitrogen and oxygen atoms in total. The number of rotatable bonds is 5. The van der Waals surface area contributed by atoms with Gasteiger partial charge < -0.3 is 9.42 Å². The normalized spacial score (nSPS) is 14.8. The molecule has 1 amide bonds. The van der Waals surface area contributed by atoms with Gasteiger partial charge in [0.15, 0.2) is 5.82 Å². The molecular weight excluding hydrogens is 345 g/mol. The largest absolute Gasteiger partial charge is 0.334 e. The first-order valence-corrected chi connectivity index (χ1v) is 9.02. The quantitative estimate of drug-likeness (QED) is 0.665. The van der Waals surface area contributed by atoms with Crippen LogP contribution in [0.4, 0.5) is 4.39 Å². The molecule has 1 heterocycles. The lowest BCUT2D eigenvalue weighted by Gasteiger charge is -2.30. The van der Waals surface area contributed by atoms with Gasteiger partial charge in [-0.15, -0.1) is 0 Å². The summed E-state index contributed by atoms with van der Waals surface area (Å²) in [5.41, 5.74) is 1.85. The van der Waals surface area contributed by atoms with Crippen LogP contribution in [0.25, 0.3) is 11.5 Å². The Bertz CT molecular complexity index is 964. The highest BCUT2D eigenvalue weighted by molar-refractivity contribution is 5.95. The van der Waals surface area contributed by atoms with Crippen molar-refractivity contribution in [3.8, 4) is 11.5 Å². The van der Waals surface area contributed by atoms with Gasteiger partial charge in [0.25, 0.3) is 11.8 Å². The third-order valence-corrected chi connectivity index (χ3v) is 4.85. The highest BCUT2D eigenvalue weighted by Gasteiger charge is 2.37. The summed E-state index contributed by atoms with van der Waals surface area (Å²) in [6, 6.07) is 13.5. The maximum absolute atomic E-state index is 14.2. The maximum Gasteiger partial charge on any atom is 0.257 e. The van der Waals surface area contributed by atoms with Crippen LogP contribution in [0.5, 0.6) is 0 Å². The number of aromatic nitrogens is 2. The third-order valence-electron chi connectivity index (χ3n) is 4.85. The Balaban J connectivity index is 1.60. The van der Waals surface area contributed by atoms with Crippen molar-refractivity contribution in [2.75, 3.05) is 0 Å². The summed E-state index contributed by atoms with van der Waals surface area (Å²) < 4.78 is 19.4. The molecule has 27 heavy (non-hydrogen) atoms. The Morgan fingerprint density at radius 1 is 1.19 bits per heavy atom. The monoisotopic (exact) mass is 365 g/mol. The van der Waals surface area contributed by atoms with Crippen LogP contribution in [-0.2, 0) is 0 Å². The number of carbonyl (C=O) groups excluding carboxylic acids is 1. The van der Waals surface area contributed by atoms with Crippen LogP contribution in [0, 0.1) is 12.7 Å². The molecule has 0 radical (unpaired) electrons. The molecule has 1 aliphatic rings. The highest BCUT2D eigenvalue weighted by Crippen LogP contribution is 2.36. The molecule has 1 saturated carbocycles. The van der Waals surface area contributed by atoms with E-state index in [1.54, 1.807) is 54.3 Å². The Labute approximate surface area is 156 Å². The van der Waals surface area contributed by atoms with E-state index in [-0.39, 0.29) is 23.8 Å². The van der Waals surface area contributed by atoms with Gasteiger partial charge in [-0.3, -0.25) is 4.79 Å². The zero-order valence-corrected chi connectivity index (χ0v) is 15.2. The molecule has 0 bridgehead atoms. The summed E-state index contributed by atoms with van der Waals surface area (Å²) in [5.74, 6) is 0.598. The first-order chi connectivity index (χ1) is 13.0. The fourth-order valence-electron chi connectivity index (χ4n) is 3.29. The number of amides is 1. The molecule has 0 saturated heterocycles. The van der Waals surface area contributed by atoms with Crippen molar-refractivity contribution in [2.24, 2.45) is 0 Å². The maximum atomic E-state index is 14.2. The van der Waals surface area contributed by atoms with E-state index in [2.05, 4.69) is 10.1 Å². The average Bonchev–Trinajstić information content (AvgIpc) is 3.41. The molecule has 1 atom stereocenters. The molecule has 6 heteroatoms. The van der Waals surface area contributed by atoms with Crippen molar-refractivity contribution >= 4 is 5.91 Å². The van der Waals surface area contributed by atoms with Gasteiger partial charge in [0, 0.05) is 22.7 Å². The molecule has 4 rings (SSSR count). The average molecular weight is 365 g/mol. The topological polar surface area (TPSA) is 59.2 Å². The number of aryl methyl sites for hydroxylation is 1. The predicted octanol–water partition coefficient (Wildman–Crippen LogP) is 4.55. The van der Waals surface area contributed by atoms with Crippen LogP contribution in [0.1, 0.15) is 47.6 Å². The van der Waals surface area contributed by atoms with E-state index in [4.69, 9.17) is 4.52 Å². The van der Waals surface area contributed by atoms with Gasteiger partial charge >= 0.3 is 0 Å². The fourth-order valence-corrected chi connectivity index (χ4v) is 3.29. The molecule has 1 fully saturated rings. The second kappa shape index (κ2) is 6.95. The van der Waals surface area contributed by atoms with E-state index in [1.807, 2.05) is 6.92 Å². The van der Waals surface area contributed by atoms with Crippen molar-refractivity contribution < 1.29 is 13.7 Å². The van der Waals surface area contributed by atoms with Gasteiger partial charge in [-0.05, 0) is 57.0 Å². The molecule has 1 unspecified atom stereocenters. The van der Waals surface area contributed by atoms with E-state index in [0.29, 0.717) is 22.8 Å². The van der Waals surface area contributed by atoms with Crippen LogP contribution in [-0.4, -0.2) is 27.0 Å². The molecule has 3 aromatic rings. The predicted molar refractivity (Wildman–Crippen MR) is 98.5 cm³/mol. The minimum absolute atomic E-state index is 0.0958. The second-order valence-corrected chi connectivity index (χ2v) is 6.87. The number of benzene rings is 2. The SMILES string of the molecule is Cc1noc(-c2ccc(C(=O)N(C3CC3)C(C)c3ccccc3F)cc2)n1. The molecule has 1 aliphatic carbocycles. The Kier molecular flexibility index (Phi) is 4.48. The lowest BCUT2D eigenvalue weighted by molar-refractivity contribution is 0.0671.